The number of fused-ring (bicyclic) bond motifs is 1. The molecule has 0 atom stereocenters. The van der Waals surface area contributed by atoms with Crippen LogP contribution in [0.15, 0.2) is 78.4 Å². The van der Waals surface area contributed by atoms with Gasteiger partial charge in [0.15, 0.2) is 0 Å². The summed E-state index contributed by atoms with van der Waals surface area (Å²) in [7, 11) is 0. The highest BCUT2D eigenvalue weighted by atomic mass is 16.1. The molecular formula is C29H32N4O. The van der Waals surface area contributed by atoms with E-state index in [4.69, 9.17) is 0 Å². The van der Waals surface area contributed by atoms with Crippen LogP contribution in [0, 0.1) is 5.92 Å². The average Bonchev–Trinajstić information content (AvgIpc) is 3.26. The maximum atomic E-state index is 13.7. The molecule has 34 heavy (non-hydrogen) atoms. The number of carbonyl (C=O) groups is 1. The van der Waals surface area contributed by atoms with Crippen LogP contribution in [0.5, 0.6) is 0 Å². The van der Waals surface area contributed by atoms with E-state index in [9.17, 15) is 4.79 Å². The van der Waals surface area contributed by atoms with Crippen molar-refractivity contribution in [2.45, 2.75) is 56.8 Å². The second-order valence-electron chi connectivity index (χ2n) is 10.2. The van der Waals surface area contributed by atoms with Crippen molar-refractivity contribution in [2.24, 2.45) is 10.9 Å². The largest absolute Gasteiger partial charge is 0.360 e. The van der Waals surface area contributed by atoms with Gasteiger partial charge in [0.25, 0.3) is 0 Å². The molecule has 1 fully saturated rings. The van der Waals surface area contributed by atoms with Crippen molar-refractivity contribution < 1.29 is 4.79 Å². The fourth-order valence-electron chi connectivity index (χ4n) is 5.67. The first-order valence-corrected chi connectivity index (χ1v) is 12.1. The SMILES string of the molecule is CC(C)(C(=O)C1CCC(Cc2c[nH]cn2)(c2ccc3c(c2)C=NC=CN3)CC1)c1ccccc1. The number of aliphatic imine (C=N–C) groups is 1. The molecule has 0 amide bonds. The van der Waals surface area contributed by atoms with Crippen LogP contribution in [0.25, 0.3) is 0 Å². The number of Topliss-reactive ketones (excluding diaryl/α,β-unsaturated/α-hetero) is 1. The smallest absolute Gasteiger partial charge is 0.145 e. The summed E-state index contributed by atoms with van der Waals surface area (Å²) in [6.07, 6.45) is 13.8. The molecule has 5 heteroatoms. The van der Waals surface area contributed by atoms with Gasteiger partial charge in [0, 0.05) is 59.2 Å². The summed E-state index contributed by atoms with van der Waals surface area (Å²) in [5, 5.41) is 3.30. The third-order valence-electron chi connectivity index (χ3n) is 7.78. The molecule has 0 bridgehead atoms. The molecule has 1 aromatic heterocycles. The van der Waals surface area contributed by atoms with Crippen LogP contribution in [-0.4, -0.2) is 22.0 Å². The summed E-state index contributed by atoms with van der Waals surface area (Å²) >= 11 is 0. The van der Waals surface area contributed by atoms with Crippen molar-refractivity contribution in [1.82, 2.24) is 9.97 Å². The lowest BCUT2D eigenvalue weighted by Crippen LogP contribution is -2.41. The topological polar surface area (TPSA) is 70.1 Å². The van der Waals surface area contributed by atoms with E-state index < -0.39 is 5.41 Å². The van der Waals surface area contributed by atoms with Crippen LogP contribution in [-0.2, 0) is 22.0 Å². The quantitative estimate of drug-likeness (QED) is 0.486. The fraction of sp³-hybridized carbons (Fsp3) is 0.345. The summed E-state index contributed by atoms with van der Waals surface area (Å²) in [5.41, 5.74) is 5.09. The zero-order chi connectivity index (χ0) is 23.6. The molecule has 2 aliphatic rings. The summed E-state index contributed by atoms with van der Waals surface area (Å²) in [6.45, 7) is 4.14. The van der Waals surface area contributed by atoms with Crippen LogP contribution < -0.4 is 5.32 Å². The number of carbonyl (C=O) groups excluding carboxylic acids is 1. The number of rotatable bonds is 6. The zero-order valence-electron chi connectivity index (χ0n) is 19.9. The van der Waals surface area contributed by atoms with E-state index in [-0.39, 0.29) is 11.3 Å². The van der Waals surface area contributed by atoms with Gasteiger partial charge < -0.3 is 10.3 Å². The minimum absolute atomic E-state index is 0.0501. The van der Waals surface area contributed by atoms with E-state index in [1.165, 1.54) is 5.56 Å². The Kier molecular flexibility index (Phi) is 5.94. The fourth-order valence-corrected chi connectivity index (χ4v) is 5.67. The molecule has 174 valence electrons. The number of H-pyrrole nitrogens is 1. The number of benzene rings is 2. The molecule has 5 rings (SSSR count). The van der Waals surface area contributed by atoms with Gasteiger partial charge in [-0.05, 0) is 62.8 Å². The molecule has 0 saturated heterocycles. The van der Waals surface area contributed by atoms with Crippen molar-refractivity contribution in [3.63, 3.8) is 0 Å². The molecule has 1 saturated carbocycles. The Morgan fingerprint density at radius 3 is 2.65 bits per heavy atom. The monoisotopic (exact) mass is 452 g/mol. The molecule has 1 aliphatic carbocycles. The van der Waals surface area contributed by atoms with Gasteiger partial charge in [-0.1, -0.05) is 36.4 Å². The number of hydrogen-bond acceptors (Lipinski definition) is 4. The number of aromatic nitrogens is 2. The van der Waals surface area contributed by atoms with E-state index in [0.717, 1.165) is 54.6 Å². The molecule has 0 unspecified atom stereocenters. The summed E-state index contributed by atoms with van der Waals surface area (Å²) in [5.74, 6) is 0.437. The first-order valence-electron chi connectivity index (χ1n) is 12.1. The maximum absolute atomic E-state index is 13.7. The number of aromatic amines is 1. The number of ketones is 1. The van der Waals surface area contributed by atoms with Crippen LogP contribution in [0.3, 0.4) is 0 Å². The Morgan fingerprint density at radius 2 is 1.91 bits per heavy atom. The molecule has 0 radical (unpaired) electrons. The Labute approximate surface area is 201 Å². The first-order chi connectivity index (χ1) is 16.5. The Morgan fingerprint density at radius 1 is 1.12 bits per heavy atom. The predicted octanol–water partition coefficient (Wildman–Crippen LogP) is 5.94. The van der Waals surface area contributed by atoms with E-state index >= 15 is 0 Å². The molecular weight excluding hydrogens is 420 g/mol. The molecule has 3 aromatic rings. The summed E-state index contributed by atoms with van der Waals surface area (Å²) < 4.78 is 0. The predicted molar refractivity (Wildman–Crippen MR) is 137 cm³/mol. The molecule has 2 aromatic carbocycles. The zero-order valence-corrected chi connectivity index (χ0v) is 19.9. The normalized spacial score (nSPS) is 22.0. The standard InChI is InChI=1S/C29H32N4O/c1-28(2,23-6-4-3-5-7-23)27(34)21-10-12-29(13-11-21,17-25-19-31-20-33-25)24-8-9-26-22(16-24)18-30-14-15-32-26/h3-9,14-16,18-21,32H,10-13,17H2,1-2H3,(H,31,33). The van der Waals surface area contributed by atoms with E-state index in [0.29, 0.717) is 5.78 Å². The Hall–Kier alpha value is -3.47. The number of nitrogens with one attached hydrogen (secondary N) is 2. The van der Waals surface area contributed by atoms with Gasteiger partial charge in [-0.2, -0.15) is 0 Å². The van der Waals surface area contributed by atoms with E-state index in [1.54, 1.807) is 12.5 Å². The van der Waals surface area contributed by atoms with Crippen LogP contribution in [0.4, 0.5) is 5.69 Å². The van der Waals surface area contributed by atoms with Crippen molar-refractivity contribution in [2.75, 3.05) is 5.32 Å². The molecule has 5 nitrogen and oxygen atoms in total. The van der Waals surface area contributed by atoms with Crippen LogP contribution in [0.2, 0.25) is 0 Å². The van der Waals surface area contributed by atoms with Crippen molar-refractivity contribution in [3.05, 3.63) is 95.8 Å². The van der Waals surface area contributed by atoms with E-state index in [2.05, 4.69) is 64.5 Å². The van der Waals surface area contributed by atoms with Crippen LogP contribution >= 0.6 is 0 Å². The highest BCUT2D eigenvalue weighted by Crippen LogP contribution is 2.46. The minimum atomic E-state index is -0.479. The van der Waals surface area contributed by atoms with Crippen LogP contribution in [0.1, 0.15) is 61.9 Å². The first kappa shape index (κ1) is 22.3. The Balaban J connectivity index is 1.42. The lowest BCUT2D eigenvalue weighted by Gasteiger charge is -2.42. The molecule has 2 N–H and O–H groups in total. The highest BCUT2D eigenvalue weighted by Gasteiger charge is 2.43. The lowest BCUT2D eigenvalue weighted by molar-refractivity contribution is -0.128. The third kappa shape index (κ3) is 4.23. The van der Waals surface area contributed by atoms with Crippen molar-refractivity contribution >= 4 is 17.7 Å². The summed E-state index contributed by atoms with van der Waals surface area (Å²) in [6, 6.07) is 16.8. The highest BCUT2D eigenvalue weighted by molar-refractivity contribution is 5.91. The third-order valence-corrected chi connectivity index (χ3v) is 7.78. The van der Waals surface area contributed by atoms with E-state index in [1.807, 2.05) is 36.8 Å². The van der Waals surface area contributed by atoms with Crippen molar-refractivity contribution in [3.8, 4) is 0 Å². The van der Waals surface area contributed by atoms with Gasteiger partial charge in [0.05, 0.1) is 12.0 Å². The molecule has 0 spiro atoms. The minimum Gasteiger partial charge on any atom is -0.360 e. The van der Waals surface area contributed by atoms with Gasteiger partial charge in [-0.15, -0.1) is 0 Å². The molecule has 2 heterocycles. The second kappa shape index (κ2) is 9.05. The second-order valence-corrected chi connectivity index (χ2v) is 10.2. The number of anilines is 1. The van der Waals surface area contributed by atoms with Gasteiger partial charge in [-0.3, -0.25) is 9.79 Å². The van der Waals surface area contributed by atoms with Gasteiger partial charge in [0.2, 0.25) is 0 Å². The van der Waals surface area contributed by atoms with Crippen molar-refractivity contribution in [1.29, 1.82) is 0 Å². The Bertz CT molecular complexity index is 1200. The van der Waals surface area contributed by atoms with Gasteiger partial charge >= 0.3 is 0 Å². The number of hydrogen-bond donors (Lipinski definition) is 2. The lowest BCUT2D eigenvalue weighted by atomic mass is 9.61. The molecule has 1 aliphatic heterocycles. The van der Waals surface area contributed by atoms with Gasteiger partial charge in [0.1, 0.15) is 5.78 Å². The number of nitrogens with zero attached hydrogens (tertiary/aromatic N) is 2. The number of imidazole rings is 1. The average molecular weight is 453 g/mol. The maximum Gasteiger partial charge on any atom is 0.145 e. The van der Waals surface area contributed by atoms with Gasteiger partial charge in [-0.25, -0.2) is 4.98 Å². The summed E-state index contributed by atoms with van der Waals surface area (Å²) in [4.78, 5) is 25.7.